The fraction of sp³-hybridized carbons (Fsp3) is 0.667. The predicted octanol–water partition coefficient (Wildman–Crippen LogP) is 4.12. The van der Waals surface area contributed by atoms with Crippen molar-refractivity contribution in [2.45, 2.75) is 45.6 Å². The monoisotopic (exact) mass is 262 g/mol. The SMILES string of the molecule is CC(C)(C#N)CNC(c1cccs1)C1CCCC1. The molecule has 0 amide bonds. The highest BCUT2D eigenvalue weighted by Crippen LogP contribution is 2.37. The zero-order valence-electron chi connectivity index (χ0n) is 11.3. The normalized spacial score (nSPS) is 18.7. The number of hydrogen-bond acceptors (Lipinski definition) is 3. The third-order valence-corrected chi connectivity index (χ3v) is 4.74. The number of hydrogen-bond donors (Lipinski definition) is 1. The third-order valence-electron chi connectivity index (χ3n) is 3.79. The number of nitriles is 1. The zero-order chi connectivity index (χ0) is 13.0. The first-order valence-corrected chi connectivity index (χ1v) is 7.68. The van der Waals surface area contributed by atoms with Crippen molar-refractivity contribution in [3.63, 3.8) is 0 Å². The lowest BCUT2D eigenvalue weighted by Gasteiger charge is -2.27. The van der Waals surface area contributed by atoms with Gasteiger partial charge in [-0.1, -0.05) is 18.9 Å². The van der Waals surface area contributed by atoms with Crippen LogP contribution in [0.5, 0.6) is 0 Å². The van der Waals surface area contributed by atoms with E-state index in [2.05, 4.69) is 28.9 Å². The summed E-state index contributed by atoms with van der Waals surface area (Å²) in [7, 11) is 0. The van der Waals surface area contributed by atoms with Crippen molar-refractivity contribution in [1.82, 2.24) is 5.32 Å². The van der Waals surface area contributed by atoms with Gasteiger partial charge in [0.15, 0.2) is 0 Å². The molecule has 0 aromatic carbocycles. The molecular weight excluding hydrogens is 240 g/mol. The molecule has 3 heteroatoms. The molecule has 0 radical (unpaired) electrons. The van der Waals surface area contributed by atoms with Crippen molar-refractivity contribution in [3.05, 3.63) is 22.4 Å². The summed E-state index contributed by atoms with van der Waals surface area (Å²) in [5.41, 5.74) is -0.284. The molecule has 0 saturated heterocycles. The minimum Gasteiger partial charge on any atom is -0.307 e. The van der Waals surface area contributed by atoms with Crippen LogP contribution in [-0.4, -0.2) is 6.54 Å². The molecule has 1 unspecified atom stereocenters. The molecule has 1 atom stereocenters. The van der Waals surface area contributed by atoms with Crippen LogP contribution in [0.1, 0.15) is 50.4 Å². The Morgan fingerprint density at radius 2 is 2.22 bits per heavy atom. The lowest BCUT2D eigenvalue weighted by molar-refractivity contribution is 0.329. The topological polar surface area (TPSA) is 35.8 Å². The van der Waals surface area contributed by atoms with Gasteiger partial charge in [0.25, 0.3) is 0 Å². The maximum atomic E-state index is 9.12. The summed E-state index contributed by atoms with van der Waals surface area (Å²) in [4.78, 5) is 1.43. The fourth-order valence-corrected chi connectivity index (χ4v) is 3.56. The Morgan fingerprint density at radius 1 is 1.50 bits per heavy atom. The molecule has 1 heterocycles. The van der Waals surface area contributed by atoms with E-state index in [1.54, 1.807) is 0 Å². The molecule has 0 aliphatic heterocycles. The number of rotatable bonds is 5. The highest BCUT2D eigenvalue weighted by Gasteiger charge is 2.28. The average molecular weight is 262 g/mol. The van der Waals surface area contributed by atoms with Gasteiger partial charge in [0.1, 0.15) is 0 Å². The van der Waals surface area contributed by atoms with Crippen LogP contribution in [0.2, 0.25) is 0 Å². The molecule has 0 spiro atoms. The van der Waals surface area contributed by atoms with Gasteiger partial charge in [-0.3, -0.25) is 0 Å². The van der Waals surface area contributed by atoms with Crippen LogP contribution in [0.15, 0.2) is 17.5 Å². The van der Waals surface area contributed by atoms with Crippen molar-refractivity contribution in [1.29, 1.82) is 5.26 Å². The molecule has 1 N–H and O–H groups in total. The average Bonchev–Trinajstić information content (AvgIpc) is 3.01. The van der Waals surface area contributed by atoms with Crippen molar-refractivity contribution in [2.75, 3.05) is 6.54 Å². The molecule has 1 aliphatic carbocycles. The standard InChI is InChI=1S/C15H22N2S/c1-15(2,10-16)11-17-14(12-6-3-4-7-12)13-8-5-9-18-13/h5,8-9,12,14,17H,3-4,6-7,11H2,1-2H3. The summed E-state index contributed by atoms with van der Waals surface area (Å²) in [6.45, 7) is 4.77. The molecule has 1 aromatic heterocycles. The van der Waals surface area contributed by atoms with E-state index in [0.29, 0.717) is 6.04 Å². The molecule has 2 nitrogen and oxygen atoms in total. The van der Waals surface area contributed by atoms with Crippen LogP contribution >= 0.6 is 11.3 Å². The van der Waals surface area contributed by atoms with E-state index >= 15 is 0 Å². The van der Waals surface area contributed by atoms with Crippen LogP contribution in [0.3, 0.4) is 0 Å². The lowest BCUT2D eigenvalue weighted by Crippen LogP contribution is -2.34. The minimum absolute atomic E-state index is 0.284. The number of nitrogens with one attached hydrogen (secondary N) is 1. The first-order valence-electron chi connectivity index (χ1n) is 6.80. The summed E-state index contributed by atoms with van der Waals surface area (Å²) in [6, 6.07) is 7.16. The third kappa shape index (κ3) is 3.34. The molecular formula is C15H22N2S. The summed E-state index contributed by atoms with van der Waals surface area (Å²) in [5, 5.41) is 14.9. The maximum Gasteiger partial charge on any atom is 0.0697 e. The van der Waals surface area contributed by atoms with Gasteiger partial charge in [-0.25, -0.2) is 0 Å². The van der Waals surface area contributed by atoms with Gasteiger partial charge in [0.2, 0.25) is 0 Å². The molecule has 0 bridgehead atoms. The summed E-state index contributed by atoms with van der Waals surface area (Å²) < 4.78 is 0. The maximum absolute atomic E-state index is 9.12. The van der Waals surface area contributed by atoms with E-state index in [0.717, 1.165) is 12.5 Å². The second kappa shape index (κ2) is 5.86. The van der Waals surface area contributed by atoms with Gasteiger partial charge < -0.3 is 5.32 Å². The highest BCUT2D eigenvalue weighted by molar-refractivity contribution is 7.10. The van der Waals surface area contributed by atoms with Crippen molar-refractivity contribution >= 4 is 11.3 Å². The van der Waals surface area contributed by atoms with E-state index in [4.69, 9.17) is 5.26 Å². The Hall–Kier alpha value is -0.850. The van der Waals surface area contributed by atoms with Crippen LogP contribution in [-0.2, 0) is 0 Å². The first kappa shape index (κ1) is 13.6. The Kier molecular flexibility index (Phi) is 4.42. The number of nitrogens with zero attached hydrogens (tertiary/aromatic N) is 1. The molecule has 1 aromatic rings. The fourth-order valence-electron chi connectivity index (χ4n) is 2.66. The Labute approximate surface area is 114 Å². The van der Waals surface area contributed by atoms with Gasteiger partial charge in [-0.2, -0.15) is 5.26 Å². The van der Waals surface area contributed by atoms with E-state index < -0.39 is 0 Å². The summed E-state index contributed by atoms with van der Waals surface area (Å²) in [6.07, 6.45) is 5.36. The van der Waals surface area contributed by atoms with Crippen LogP contribution in [0.4, 0.5) is 0 Å². The molecule has 2 rings (SSSR count). The minimum atomic E-state index is -0.284. The Balaban J connectivity index is 2.04. The van der Waals surface area contributed by atoms with Crippen LogP contribution < -0.4 is 5.32 Å². The second-order valence-electron chi connectivity index (χ2n) is 5.91. The van der Waals surface area contributed by atoms with Gasteiger partial charge in [-0.05, 0) is 44.1 Å². The van der Waals surface area contributed by atoms with Gasteiger partial charge in [0, 0.05) is 17.5 Å². The van der Waals surface area contributed by atoms with Crippen LogP contribution in [0, 0.1) is 22.7 Å². The van der Waals surface area contributed by atoms with Crippen molar-refractivity contribution in [3.8, 4) is 6.07 Å². The van der Waals surface area contributed by atoms with E-state index in [-0.39, 0.29) is 5.41 Å². The van der Waals surface area contributed by atoms with Gasteiger partial charge in [-0.15, -0.1) is 11.3 Å². The highest BCUT2D eigenvalue weighted by atomic mass is 32.1. The molecule has 1 fully saturated rings. The van der Waals surface area contributed by atoms with Gasteiger partial charge in [0.05, 0.1) is 11.5 Å². The number of thiophene rings is 1. The van der Waals surface area contributed by atoms with Crippen molar-refractivity contribution in [2.24, 2.45) is 11.3 Å². The molecule has 1 aliphatic rings. The summed E-state index contributed by atoms with van der Waals surface area (Å²) >= 11 is 1.83. The zero-order valence-corrected chi connectivity index (χ0v) is 12.1. The largest absolute Gasteiger partial charge is 0.307 e. The first-order chi connectivity index (χ1) is 8.62. The predicted molar refractivity (Wildman–Crippen MR) is 76.4 cm³/mol. The summed E-state index contributed by atoms with van der Waals surface area (Å²) in [5.74, 6) is 0.748. The lowest BCUT2D eigenvalue weighted by atomic mass is 9.92. The smallest absolute Gasteiger partial charge is 0.0697 e. The van der Waals surface area contributed by atoms with E-state index in [9.17, 15) is 0 Å². The van der Waals surface area contributed by atoms with Crippen molar-refractivity contribution < 1.29 is 0 Å². The van der Waals surface area contributed by atoms with Gasteiger partial charge >= 0.3 is 0 Å². The Morgan fingerprint density at radius 3 is 2.78 bits per heavy atom. The van der Waals surface area contributed by atoms with E-state index in [1.165, 1.54) is 30.6 Å². The quantitative estimate of drug-likeness (QED) is 0.866. The molecule has 1 saturated carbocycles. The second-order valence-corrected chi connectivity index (χ2v) is 6.89. The Bertz CT molecular complexity index is 397. The van der Waals surface area contributed by atoms with E-state index in [1.807, 2.05) is 25.2 Å². The van der Waals surface area contributed by atoms with Crippen LogP contribution in [0.25, 0.3) is 0 Å². The molecule has 98 valence electrons. The molecule has 18 heavy (non-hydrogen) atoms.